The lowest BCUT2D eigenvalue weighted by atomic mass is 10.3. The molecule has 72 valence electrons. The van der Waals surface area contributed by atoms with Gasteiger partial charge in [-0.3, -0.25) is 4.40 Å². The fourth-order valence-corrected chi connectivity index (χ4v) is 1.76. The van der Waals surface area contributed by atoms with Gasteiger partial charge in [0.1, 0.15) is 11.6 Å². The molecule has 0 amide bonds. The third-order valence-electron chi connectivity index (χ3n) is 2.71. The summed E-state index contributed by atoms with van der Waals surface area (Å²) in [4.78, 5) is 4.44. The van der Waals surface area contributed by atoms with Crippen LogP contribution in [0.25, 0.3) is 5.52 Å². The van der Waals surface area contributed by atoms with Gasteiger partial charge in [0.2, 0.25) is 0 Å². The van der Waals surface area contributed by atoms with Gasteiger partial charge in [0.25, 0.3) is 0 Å². The minimum Gasteiger partial charge on any atom is -0.495 e. The van der Waals surface area contributed by atoms with E-state index in [0.29, 0.717) is 5.92 Å². The first kappa shape index (κ1) is 7.85. The maximum Gasteiger partial charge on any atom is 0.135 e. The van der Waals surface area contributed by atoms with Gasteiger partial charge in [0.05, 0.1) is 25.0 Å². The first-order valence-corrected chi connectivity index (χ1v) is 4.89. The van der Waals surface area contributed by atoms with Crippen LogP contribution in [0.1, 0.15) is 24.6 Å². The fourth-order valence-electron chi connectivity index (χ4n) is 1.76. The highest BCUT2D eigenvalue weighted by Crippen LogP contribution is 2.39. The molecule has 0 spiro atoms. The number of ether oxygens (including phenoxy) is 1. The van der Waals surface area contributed by atoms with Crippen LogP contribution in [0.3, 0.4) is 0 Å². The summed E-state index contributed by atoms with van der Waals surface area (Å²) in [5.74, 6) is 2.74. The van der Waals surface area contributed by atoms with Crippen LogP contribution in [-0.4, -0.2) is 16.5 Å². The van der Waals surface area contributed by atoms with Gasteiger partial charge in [0.15, 0.2) is 0 Å². The Hall–Kier alpha value is -1.51. The summed E-state index contributed by atoms with van der Waals surface area (Å²) in [5, 5.41) is 0. The quantitative estimate of drug-likeness (QED) is 0.722. The summed E-state index contributed by atoms with van der Waals surface area (Å²) >= 11 is 0. The van der Waals surface area contributed by atoms with Crippen LogP contribution in [0.2, 0.25) is 0 Å². The van der Waals surface area contributed by atoms with Gasteiger partial charge in [0, 0.05) is 5.92 Å². The largest absolute Gasteiger partial charge is 0.495 e. The first-order chi connectivity index (χ1) is 6.88. The third kappa shape index (κ3) is 1.09. The molecule has 1 saturated carbocycles. The summed E-state index contributed by atoms with van der Waals surface area (Å²) in [6, 6.07) is 4.01. The number of pyridine rings is 1. The van der Waals surface area contributed by atoms with Crippen LogP contribution in [-0.2, 0) is 0 Å². The second-order valence-electron chi connectivity index (χ2n) is 3.75. The molecule has 0 bridgehead atoms. The minimum atomic E-state index is 0.671. The van der Waals surface area contributed by atoms with Crippen molar-refractivity contribution in [2.45, 2.75) is 18.8 Å². The maximum atomic E-state index is 5.20. The van der Waals surface area contributed by atoms with Crippen LogP contribution in [0, 0.1) is 0 Å². The Labute approximate surface area is 82.3 Å². The Morgan fingerprint density at radius 3 is 3.00 bits per heavy atom. The van der Waals surface area contributed by atoms with E-state index in [4.69, 9.17) is 4.74 Å². The smallest absolute Gasteiger partial charge is 0.135 e. The second-order valence-corrected chi connectivity index (χ2v) is 3.75. The van der Waals surface area contributed by atoms with Crippen LogP contribution in [0.4, 0.5) is 0 Å². The van der Waals surface area contributed by atoms with E-state index in [0.717, 1.165) is 11.3 Å². The number of rotatable bonds is 2. The lowest BCUT2D eigenvalue weighted by Gasteiger charge is -2.02. The van der Waals surface area contributed by atoms with Gasteiger partial charge in [-0.25, -0.2) is 4.98 Å². The molecule has 14 heavy (non-hydrogen) atoms. The van der Waals surface area contributed by atoms with E-state index in [9.17, 15) is 0 Å². The van der Waals surface area contributed by atoms with Crippen molar-refractivity contribution in [1.29, 1.82) is 0 Å². The Morgan fingerprint density at radius 2 is 2.29 bits per heavy atom. The first-order valence-electron chi connectivity index (χ1n) is 4.89. The number of methoxy groups -OCH3 is 1. The van der Waals surface area contributed by atoms with Crippen molar-refractivity contribution in [2.75, 3.05) is 7.11 Å². The molecule has 2 heterocycles. The molecule has 0 unspecified atom stereocenters. The number of hydrogen-bond donors (Lipinski definition) is 0. The summed E-state index contributed by atoms with van der Waals surface area (Å²) < 4.78 is 7.33. The van der Waals surface area contributed by atoms with Crippen molar-refractivity contribution in [3.05, 3.63) is 30.4 Å². The standard InChI is InChI=1S/C11H12N2O/c1-14-10-5-4-9-6-12-11(8-2-3-8)13(9)7-10/h4-8H,2-3H2,1H3. The highest BCUT2D eigenvalue weighted by Gasteiger charge is 2.27. The average Bonchev–Trinajstić information content (AvgIpc) is 2.98. The van der Waals surface area contributed by atoms with Gasteiger partial charge in [-0.15, -0.1) is 0 Å². The zero-order valence-corrected chi connectivity index (χ0v) is 8.10. The molecule has 1 aliphatic rings. The highest BCUT2D eigenvalue weighted by molar-refractivity contribution is 5.49. The Bertz CT molecular complexity index is 471. The van der Waals surface area contributed by atoms with E-state index < -0.39 is 0 Å². The molecule has 3 rings (SSSR count). The van der Waals surface area contributed by atoms with Crippen LogP contribution in [0.5, 0.6) is 5.75 Å². The molecule has 1 aliphatic carbocycles. The van der Waals surface area contributed by atoms with Gasteiger partial charge < -0.3 is 4.74 Å². The van der Waals surface area contributed by atoms with E-state index in [1.165, 1.54) is 18.7 Å². The van der Waals surface area contributed by atoms with E-state index in [1.54, 1.807) is 7.11 Å². The zero-order valence-electron chi connectivity index (χ0n) is 8.10. The van der Waals surface area contributed by atoms with Crippen molar-refractivity contribution in [2.24, 2.45) is 0 Å². The van der Waals surface area contributed by atoms with Crippen LogP contribution in [0.15, 0.2) is 24.5 Å². The fraction of sp³-hybridized carbons (Fsp3) is 0.364. The highest BCUT2D eigenvalue weighted by atomic mass is 16.5. The van der Waals surface area contributed by atoms with Gasteiger partial charge in [-0.05, 0) is 25.0 Å². The minimum absolute atomic E-state index is 0.671. The van der Waals surface area contributed by atoms with Crippen molar-refractivity contribution in [1.82, 2.24) is 9.38 Å². The molecule has 2 aromatic rings. The molecule has 0 aliphatic heterocycles. The third-order valence-corrected chi connectivity index (χ3v) is 2.71. The van der Waals surface area contributed by atoms with E-state index in [-0.39, 0.29) is 0 Å². The predicted molar refractivity (Wildman–Crippen MR) is 53.7 cm³/mol. The Kier molecular flexibility index (Phi) is 1.54. The van der Waals surface area contributed by atoms with Gasteiger partial charge in [-0.1, -0.05) is 0 Å². The lowest BCUT2D eigenvalue weighted by molar-refractivity contribution is 0.412. The number of hydrogen-bond acceptors (Lipinski definition) is 2. The van der Waals surface area contributed by atoms with Crippen molar-refractivity contribution < 1.29 is 4.74 Å². The van der Waals surface area contributed by atoms with Gasteiger partial charge >= 0.3 is 0 Å². The van der Waals surface area contributed by atoms with E-state index in [2.05, 4.69) is 9.38 Å². The summed E-state index contributed by atoms with van der Waals surface area (Å²) in [6.07, 6.45) is 6.48. The summed E-state index contributed by atoms with van der Waals surface area (Å²) in [6.45, 7) is 0. The number of imidazole rings is 1. The zero-order chi connectivity index (χ0) is 9.54. The van der Waals surface area contributed by atoms with E-state index in [1.807, 2.05) is 24.5 Å². The molecule has 0 atom stereocenters. The number of aromatic nitrogens is 2. The lowest BCUT2D eigenvalue weighted by Crippen LogP contribution is -1.93. The molecule has 1 fully saturated rings. The molecule has 2 aromatic heterocycles. The van der Waals surface area contributed by atoms with Crippen LogP contribution < -0.4 is 4.74 Å². The second kappa shape index (κ2) is 2.74. The molecule has 3 heteroatoms. The summed E-state index contributed by atoms with van der Waals surface area (Å²) in [5.41, 5.74) is 1.15. The maximum absolute atomic E-state index is 5.20. The normalized spacial score (nSPS) is 16.1. The predicted octanol–water partition coefficient (Wildman–Crippen LogP) is 2.22. The molecular weight excluding hydrogens is 176 g/mol. The Morgan fingerprint density at radius 1 is 1.43 bits per heavy atom. The molecule has 0 saturated heterocycles. The van der Waals surface area contributed by atoms with Crippen molar-refractivity contribution in [3.63, 3.8) is 0 Å². The van der Waals surface area contributed by atoms with Crippen molar-refractivity contribution >= 4 is 5.52 Å². The molecule has 3 nitrogen and oxygen atoms in total. The van der Waals surface area contributed by atoms with Crippen LogP contribution >= 0.6 is 0 Å². The molecular formula is C11H12N2O. The molecule has 0 radical (unpaired) electrons. The van der Waals surface area contributed by atoms with Gasteiger partial charge in [-0.2, -0.15) is 0 Å². The number of fused-ring (bicyclic) bond motifs is 1. The number of nitrogens with zero attached hydrogens (tertiary/aromatic N) is 2. The van der Waals surface area contributed by atoms with E-state index >= 15 is 0 Å². The average molecular weight is 188 g/mol. The molecule has 0 aromatic carbocycles. The Balaban J connectivity index is 2.20. The summed E-state index contributed by atoms with van der Waals surface area (Å²) in [7, 11) is 1.69. The molecule has 0 N–H and O–H groups in total. The SMILES string of the molecule is COc1ccc2cnc(C3CC3)n2c1. The monoisotopic (exact) mass is 188 g/mol. The van der Waals surface area contributed by atoms with Crippen molar-refractivity contribution in [3.8, 4) is 5.75 Å². The topological polar surface area (TPSA) is 26.5 Å².